The molecule has 0 aliphatic carbocycles. The van der Waals surface area contributed by atoms with E-state index in [0.717, 1.165) is 6.42 Å². The van der Waals surface area contributed by atoms with E-state index in [4.69, 9.17) is 23.2 Å². The molecule has 1 heterocycles. The first kappa shape index (κ1) is 14.8. The molecule has 2 aromatic rings. The van der Waals surface area contributed by atoms with E-state index in [1.165, 1.54) is 16.0 Å². The molecule has 0 bridgehead atoms. The van der Waals surface area contributed by atoms with E-state index in [1.54, 1.807) is 30.0 Å². The van der Waals surface area contributed by atoms with E-state index in [2.05, 4.69) is 30.4 Å². The number of anilines is 1. The molecule has 0 fully saturated rings. The second-order valence-electron chi connectivity index (χ2n) is 5.01. The summed E-state index contributed by atoms with van der Waals surface area (Å²) in [5.41, 5.74) is 2.99. The van der Waals surface area contributed by atoms with Gasteiger partial charge in [0.1, 0.15) is 0 Å². The molecule has 0 saturated carbocycles. The van der Waals surface area contributed by atoms with Gasteiger partial charge >= 0.3 is 0 Å². The number of amides is 1. The van der Waals surface area contributed by atoms with Crippen LogP contribution in [-0.4, -0.2) is 11.2 Å². The van der Waals surface area contributed by atoms with Gasteiger partial charge in [-0.05, 0) is 37.1 Å². The molecule has 1 aliphatic heterocycles. The normalized spacial score (nSPS) is 16.6. The molecule has 2 nitrogen and oxygen atoms in total. The quantitative estimate of drug-likeness (QED) is 0.839. The number of hydrogen-bond acceptors (Lipinski definition) is 2. The first-order valence-electron chi connectivity index (χ1n) is 6.55. The highest BCUT2D eigenvalue weighted by Gasteiger charge is 2.28. The molecule has 0 saturated heterocycles. The summed E-state index contributed by atoms with van der Waals surface area (Å²) in [5, 5.41) is 3.55. The van der Waals surface area contributed by atoms with Crippen molar-refractivity contribution in [3.05, 3.63) is 57.6 Å². The molecule has 1 aliphatic rings. The number of carbonyl (C=O) groups is 1. The van der Waals surface area contributed by atoms with Gasteiger partial charge in [-0.2, -0.15) is 0 Å². The lowest BCUT2D eigenvalue weighted by Crippen LogP contribution is -2.24. The number of thioether (sulfide) groups is 1. The molecule has 0 aromatic heterocycles. The van der Waals surface area contributed by atoms with Crippen LogP contribution < -0.4 is 5.32 Å². The van der Waals surface area contributed by atoms with Gasteiger partial charge in [0.2, 0.25) is 5.91 Å². The van der Waals surface area contributed by atoms with Gasteiger partial charge in [0.05, 0.1) is 21.0 Å². The van der Waals surface area contributed by atoms with Crippen molar-refractivity contribution < 1.29 is 4.79 Å². The minimum Gasteiger partial charge on any atom is -0.324 e. The molecule has 1 unspecified atom stereocenters. The zero-order chi connectivity index (χ0) is 15.0. The summed E-state index contributed by atoms with van der Waals surface area (Å²) >= 11 is 13.7. The van der Waals surface area contributed by atoms with Crippen LogP contribution in [0.5, 0.6) is 0 Å². The Balaban J connectivity index is 1.75. The van der Waals surface area contributed by atoms with Crippen molar-refractivity contribution in [2.75, 3.05) is 5.32 Å². The lowest BCUT2D eigenvalue weighted by Gasteiger charge is -2.11. The zero-order valence-corrected chi connectivity index (χ0v) is 13.6. The van der Waals surface area contributed by atoms with Gasteiger partial charge in [-0.1, -0.05) is 47.0 Å². The summed E-state index contributed by atoms with van der Waals surface area (Å²) in [6, 6.07) is 11.5. The van der Waals surface area contributed by atoms with Crippen molar-refractivity contribution in [3.63, 3.8) is 0 Å². The number of halogens is 2. The Bertz CT molecular complexity index is 717. The molecule has 2 aromatic carbocycles. The summed E-state index contributed by atoms with van der Waals surface area (Å²) < 4.78 is 0. The Morgan fingerprint density at radius 3 is 2.90 bits per heavy atom. The minimum absolute atomic E-state index is 0.0435. The number of fused-ring (bicyclic) bond motifs is 1. The average Bonchev–Trinajstić information content (AvgIpc) is 2.87. The Labute approximate surface area is 137 Å². The Hall–Kier alpha value is -1.16. The molecule has 1 amide bonds. The molecule has 1 N–H and O–H groups in total. The molecule has 0 radical (unpaired) electrons. The molecular formula is C16H13Cl2NOS. The first-order chi connectivity index (χ1) is 10.0. The topological polar surface area (TPSA) is 29.1 Å². The van der Waals surface area contributed by atoms with Crippen LogP contribution in [0.4, 0.5) is 5.69 Å². The SMILES string of the molecule is Cc1ccc2c(c1)SC(C(=O)Nc1cccc(Cl)c1Cl)C2. The van der Waals surface area contributed by atoms with Crippen molar-refractivity contribution in [2.24, 2.45) is 0 Å². The summed E-state index contributed by atoms with van der Waals surface area (Å²) in [6.07, 6.45) is 0.740. The minimum atomic E-state index is -0.128. The molecule has 5 heteroatoms. The average molecular weight is 338 g/mol. The standard InChI is InChI=1S/C16H13Cl2NOS/c1-9-5-6-10-8-14(21-13(10)7-9)16(20)19-12-4-2-3-11(17)15(12)18/h2-7,14H,8H2,1H3,(H,19,20). The van der Waals surface area contributed by atoms with E-state index in [0.29, 0.717) is 15.7 Å². The third kappa shape index (κ3) is 3.05. The monoisotopic (exact) mass is 337 g/mol. The third-order valence-corrected chi connectivity index (χ3v) is 5.52. The number of aryl methyl sites for hydroxylation is 1. The highest BCUT2D eigenvalue weighted by atomic mass is 35.5. The number of rotatable bonds is 2. The van der Waals surface area contributed by atoms with E-state index < -0.39 is 0 Å². The molecule has 3 rings (SSSR count). The van der Waals surface area contributed by atoms with Crippen LogP contribution in [0, 0.1) is 6.92 Å². The van der Waals surface area contributed by atoms with Crippen molar-refractivity contribution in [3.8, 4) is 0 Å². The van der Waals surface area contributed by atoms with Gasteiger partial charge < -0.3 is 5.32 Å². The van der Waals surface area contributed by atoms with Crippen LogP contribution in [0.2, 0.25) is 10.0 Å². The summed E-state index contributed by atoms with van der Waals surface area (Å²) in [4.78, 5) is 13.6. The van der Waals surface area contributed by atoms with Crippen LogP contribution >= 0.6 is 35.0 Å². The predicted molar refractivity (Wildman–Crippen MR) is 89.6 cm³/mol. The second kappa shape index (κ2) is 5.91. The smallest absolute Gasteiger partial charge is 0.238 e. The van der Waals surface area contributed by atoms with Crippen molar-refractivity contribution >= 4 is 46.6 Å². The fourth-order valence-corrected chi connectivity index (χ4v) is 3.93. The van der Waals surface area contributed by atoms with Gasteiger partial charge in [-0.15, -0.1) is 11.8 Å². The van der Waals surface area contributed by atoms with Crippen LogP contribution in [-0.2, 0) is 11.2 Å². The summed E-state index contributed by atoms with van der Waals surface area (Å²) in [5.74, 6) is -0.0435. The van der Waals surface area contributed by atoms with E-state index in [1.807, 2.05) is 0 Å². The lowest BCUT2D eigenvalue weighted by molar-refractivity contribution is -0.115. The number of hydrogen-bond donors (Lipinski definition) is 1. The number of carbonyl (C=O) groups excluding carboxylic acids is 1. The Morgan fingerprint density at radius 2 is 2.10 bits per heavy atom. The van der Waals surface area contributed by atoms with Crippen LogP contribution in [0.25, 0.3) is 0 Å². The highest BCUT2D eigenvalue weighted by Crippen LogP contribution is 2.38. The van der Waals surface area contributed by atoms with E-state index >= 15 is 0 Å². The zero-order valence-electron chi connectivity index (χ0n) is 11.3. The predicted octanol–water partition coefficient (Wildman–Crippen LogP) is 4.96. The molecule has 1 atom stereocenters. The number of nitrogens with one attached hydrogen (secondary N) is 1. The number of benzene rings is 2. The van der Waals surface area contributed by atoms with Gasteiger partial charge in [0.15, 0.2) is 0 Å². The third-order valence-electron chi connectivity index (χ3n) is 3.40. The van der Waals surface area contributed by atoms with Crippen LogP contribution in [0.1, 0.15) is 11.1 Å². The van der Waals surface area contributed by atoms with E-state index in [-0.39, 0.29) is 11.2 Å². The second-order valence-corrected chi connectivity index (χ2v) is 7.04. The molecule has 108 valence electrons. The lowest BCUT2D eigenvalue weighted by atomic mass is 10.1. The Morgan fingerprint density at radius 1 is 1.29 bits per heavy atom. The fraction of sp³-hybridized carbons (Fsp3) is 0.188. The maximum absolute atomic E-state index is 12.4. The van der Waals surface area contributed by atoms with Crippen molar-refractivity contribution in [2.45, 2.75) is 23.5 Å². The van der Waals surface area contributed by atoms with Gasteiger partial charge in [-0.3, -0.25) is 4.79 Å². The summed E-state index contributed by atoms with van der Waals surface area (Å²) in [6.45, 7) is 2.06. The van der Waals surface area contributed by atoms with E-state index in [9.17, 15) is 4.79 Å². The Kier molecular flexibility index (Phi) is 4.16. The summed E-state index contributed by atoms with van der Waals surface area (Å²) in [7, 11) is 0. The van der Waals surface area contributed by atoms with Crippen LogP contribution in [0.15, 0.2) is 41.3 Å². The molecule has 0 spiro atoms. The molecular weight excluding hydrogens is 325 g/mol. The fourth-order valence-electron chi connectivity index (χ4n) is 2.29. The van der Waals surface area contributed by atoms with Gasteiger partial charge in [0, 0.05) is 4.90 Å². The van der Waals surface area contributed by atoms with Gasteiger partial charge in [-0.25, -0.2) is 0 Å². The maximum atomic E-state index is 12.4. The van der Waals surface area contributed by atoms with Crippen LogP contribution in [0.3, 0.4) is 0 Å². The maximum Gasteiger partial charge on any atom is 0.238 e. The largest absolute Gasteiger partial charge is 0.324 e. The van der Waals surface area contributed by atoms with Crippen molar-refractivity contribution in [1.82, 2.24) is 0 Å². The molecule has 21 heavy (non-hydrogen) atoms. The van der Waals surface area contributed by atoms with Gasteiger partial charge in [0.25, 0.3) is 0 Å². The first-order valence-corrected chi connectivity index (χ1v) is 8.19. The van der Waals surface area contributed by atoms with Crippen molar-refractivity contribution in [1.29, 1.82) is 0 Å². The highest BCUT2D eigenvalue weighted by molar-refractivity contribution is 8.01.